The number of benzene rings is 1. The van der Waals surface area contributed by atoms with Crippen molar-refractivity contribution in [2.45, 2.75) is 19.4 Å². The van der Waals surface area contributed by atoms with Crippen molar-refractivity contribution in [2.75, 3.05) is 7.05 Å². The second-order valence-corrected chi connectivity index (χ2v) is 5.44. The number of hydrogen-bond acceptors (Lipinski definition) is 2. The van der Waals surface area contributed by atoms with Crippen molar-refractivity contribution in [1.82, 2.24) is 5.32 Å². The molecule has 1 N–H and O–H groups in total. The van der Waals surface area contributed by atoms with Crippen molar-refractivity contribution in [3.63, 3.8) is 0 Å². The van der Waals surface area contributed by atoms with E-state index >= 15 is 0 Å². The average molecular weight is 284 g/mol. The van der Waals surface area contributed by atoms with E-state index in [1.807, 2.05) is 7.05 Å². The summed E-state index contributed by atoms with van der Waals surface area (Å²) in [6.07, 6.45) is 0.685. The molecule has 96 valence electrons. The average Bonchev–Trinajstić information content (AvgIpc) is 2.77. The van der Waals surface area contributed by atoms with Gasteiger partial charge in [0.05, 0.1) is 0 Å². The summed E-state index contributed by atoms with van der Waals surface area (Å²) in [5.74, 6) is -0.244. The molecule has 1 aromatic heterocycles. The van der Waals surface area contributed by atoms with Crippen LogP contribution in [0.25, 0.3) is 0 Å². The van der Waals surface area contributed by atoms with Crippen LogP contribution in [-0.2, 0) is 6.42 Å². The van der Waals surface area contributed by atoms with Gasteiger partial charge < -0.3 is 5.32 Å². The molecule has 2 rings (SSSR count). The summed E-state index contributed by atoms with van der Waals surface area (Å²) in [7, 11) is 1.91. The lowest BCUT2D eigenvalue weighted by molar-refractivity contribution is 0.583. The van der Waals surface area contributed by atoms with Gasteiger partial charge in [-0.15, -0.1) is 0 Å². The molecular formula is C14H15ClFNS. The van der Waals surface area contributed by atoms with Crippen LogP contribution in [0.1, 0.15) is 22.7 Å². The van der Waals surface area contributed by atoms with Gasteiger partial charge in [0.2, 0.25) is 0 Å². The van der Waals surface area contributed by atoms with E-state index in [0.29, 0.717) is 11.4 Å². The highest BCUT2D eigenvalue weighted by Crippen LogP contribution is 2.27. The van der Waals surface area contributed by atoms with E-state index in [1.165, 1.54) is 23.3 Å². The molecule has 0 bridgehead atoms. The van der Waals surface area contributed by atoms with Crippen LogP contribution in [0.3, 0.4) is 0 Å². The Hall–Kier alpha value is -0.900. The van der Waals surface area contributed by atoms with Gasteiger partial charge in [0.1, 0.15) is 5.82 Å². The molecule has 0 aliphatic heterocycles. The number of nitrogens with one attached hydrogen (secondary N) is 1. The Morgan fingerprint density at radius 2 is 2.17 bits per heavy atom. The van der Waals surface area contributed by atoms with Crippen LogP contribution in [0.2, 0.25) is 5.02 Å². The Morgan fingerprint density at radius 1 is 1.39 bits per heavy atom. The summed E-state index contributed by atoms with van der Waals surface area (Å²) < 4.78 is 13.2. The second kappa shape index (κ2) is 5.83. The second-order valence-electron chi connectivity index (χ2n) is 4.29. The Kier molecular flexibility index (Phi) is 4.38. The lowest BCUT2D eigenvalue weighted by Crippen LogP contribution is -2.19. The fourth-order valence-corrected chi connectivity index (χ4v) is 3.11. The predicted octanol–water partition coefficient (Wildman–Crippen LogP) is 4.35. The normalized spacial score (nSPS) is 12.7. The maximum atomic E-state index is 13.2. The van der Waals surface area contributed by atoms with Crippen molar-refractivity contribution < 1.29 is 4.39 Å². The summed E-state index contributed by atoms with van der Waals surface area (Å²) in [4.78, 5) is 0. The number of aryl methyl sites for hydroxylation is 1. The molecule has 0 saturated heterocycles. The van der Waals surface area contributed by atoms with Gasteiger partial charge in [0.15, 0.2) is 0 Å². The molecule has 2 aromatic rings. The molecule has 0 spiro atoms. The highest BCUT2D eigenvalue weighted by molar-refractivity contribution is 7.08. The monoisotopic (exact) mass is 283 g/mol. The highest BCUT2D eigenvalue weighted by Gasteiger charge is 2.15. The van der Waals surface area contributed by atoms with E-state index in [2.05, 4.69) is 23.0 Å². The van der Waals surface area contributed by atoms with Gasteiger partial charge in [-0.25, -0.2) is 4.39 Å². The van der Waals surface area contributed by atoms with Crippen molar-refractivity contribution in [3.05, 3.63) is 56.5 Å². The minimum atomic E-state index is -0.244. The molecule has 0 aliphatic carbocycles. The molecule has 4 heteroatoms. The number of rotatable bonds is 4. The predicted molar refractivity (Wildman–Crippen MR) is 76.0 cm³/mol. The number of likely N-dealkylation sites (N-methyl/N-ethyl adjacent to an activating group) is 1. The van der Waals surface area contributed by atoms with Crippen LogP contribution >= 0.6 is 22.9 Å². The van der Waals surface area contributed by atoms with E-state index in [4.69, 9.17) is 11.6 Å². The van der Waals surface area contributed by atoms with Crippen LogP contribution in [0.4, 0.5) is 4.39 Å². The zero-order valence-electron chi connectivity index (χ0n) is 10.3. The molecule has 18 heavy (non-hydrogen) atoms. The van der Waals surface area contributed by atoms with E-state index in [9.17, 15) is 4.39 Å². The van der Waals surface area contributed by atoms with Crippen molar-refractivity contribution >= 4 is 22.9 Å². The zero-order chi connectivity index (χ0) is 13.1. The molecule has 0 saturated carbocycles. The van der Waals surface area contributed by atoms with Crippen LogP contribution in [0, 0.1) is 12.7 Å². The van der Waals surface area contributed by atoms with Crippen LogP contribution in [-0.4, -0.2) is 7.05 Å². The Morgan fingerprint density at radius 3 is 2.78 bits per heavy atom. The first kappa shape index (κ1) is 13.5. The standard InChI is InChI=1S/C14H15ClFNS/c1-9-7-18-8-12(9)14(17-2)6-10-5-11(16)3-4-13(10)15/h3-5,7-8,14,17H,6H2,1-2H3. The van der Waals surface area contributed by atoms with Gasteiger partial charge in [-0.2, -0.15) is 11.3 Å². The van der Waals surface area contributed by atoms with Crippen LogP contribution in [0.5, 0.6) is 0 Å². The van der Waals surface area contributed by atoms with Crippen molar-refractivity contribution in [3.8, 4) is 0 Å². The molecule has 1 nitrogen and oxygen atoms in total. The fourth-order valence-electron chi connectivity index (χ4n) is 2.01. The summed E-state index contributed by atoms with van der Waals surface area (Å²) in [6, 6.07) is 4.67. The molecule has 1 unspecified atom stereocenters. The first-order valence-corrected chi connectivity index (χ1v) is 7.07. The summed E-state index contributed by atoms with van der Waals surface area (Å²) in [6.45, 7) is 2.09. The fraction of sp³-hybridized carbons (Fsp3) is 0.286. The molecule has 0 amide bonds. The third-order valence-electron chi connectivity index (χ3n) is 3.05. The summed E-state index contributed by atoms with van der Waals surface area (Å²) in [5.41, 5.74) is 3.34. The lowest BCUT2D eigenvalue weighted by Gasteiger charge is -2.17. The Balaban J connectivity index is 2.26. The van der Waals surface area contributed by atoms with Crippen LogP contribution < -0.4 is 5.32 Å². The van der Waals surface area contributed by atoms with E-state index in [1.54, 1.807) is 17.4 Å². The van der Waals surface area contributed by atoms with Crippen molar-refractivity contribution in [1.29, 1.82) is 0 Å². The van der Waals surface area contributed by atoms with Crippen molar-refractivity contribution in [2.24, 2.45) is 0 Å². The van der Waals surface area contributed by atoms with Crippen LogP contribution in [0.15, 0.2) is 29.0 Å². The van der Waals surface area contributed by atoms with Gasteiger partial charge in [0, 0.05) is 11.1 Å². The number of halogens is 2. The maximum absolute atomic E-state index is 13.2. The zero-order valence-corrected chi connectivity index (χ0v) is 11.9. The number of thiophene rings is 1. The van der Waals surface area contributed by atoms with Gasteiger partial charge in [-0.05, 0) is 66.0 Å². The SMILES string of the molecule is CNC(Cc1cc(F)ccc1Cl)c1cscc1C. The molecule has 0 fully saturated rings. The third-order valence-corrected chi connectivity index (χ3v) is 4.30. The van der Waals surface area contributed by atoms with Gasteiger partial charge in [-0.1, -0.05) is 11.6 Å². The van der Waals surface area contributed by atoms with E-state index in [0.717, 1.165) is 5.56 Å². The Labute approximate surface area is 116 Å². The summed E-state index contributed by atoms with van der Waals surface area (Å²) >= 11 is 7.79. The van der Waals surface area contributed by atoms with E-state index < -0.39 is 0 Å². The molecule has 0 aliphatic rings. The Bertz CT molecular complexity index is 538. The molecular weight excluding hydrogens is 269 g/mol. The first-order valence-electron chi connectivity index (χ1n) is 5.75. The maximum Gasteiger partial charge on any atom is 0.123 e. The van der Waals surface area contributed by atoms with Gasteiger partial charge in [0.25, 0.3) is 0 Å². The smallest absolute Gasteiger partial charge is 0.123 e. The molecule has 1 aromatic carbocycles. The molecule has 1 atom stereocenters. The molecule has 0 radical (unpaired) electrons. The topological polar surface area (TPSA) is 12.0 Å². The minimum absolute atomic E-state index is 0.163. The lowest BCUT2D eigenvalue weighted by atomic mass is 9.98. The summed E-state index contributed by atoms with van der Waals surface area (Å²) in [5, 5.41) is 8.13. The largest absolute Gasteiger partial charge is 0.313 e. The van der Waals surface area contributed by atoms with Gasteiger partial charge >= 0.3 is 0 Å². The quantitative estimate of drug-likeness (QED) is 0.879. The minimum Gasteiger partial charge on any atom is -0.313 e. The van der Waals surface area contributed by atoms with Gasteiger partial charge in [-0.3, -0.25) is 0 Å². The van der Waals surface area contributed by atoms with E-state index in [-0.39, 0.29) is 11.9 Å². The molecule has 1 heterocycles. The first-order chi connectivity index (χ1) is 8.61. The third kappa shape index (κ3) is 2.91. The highest BCUT2D eigenvalue weighted by atomic mass is 35.5. The number of hydrogen-bond donors (Lipinski definition) is 1.